The smallest absolute Gasteiger partial charge is 0.130 e. The van der Waals surface area contributed by atoms with Crippen LogP contribution in [0, 0.1) is 5.82 Å². The second-order valence-corrected chi connectivity index (χ2v) is 8.28. The lowest BCUT2D eigenvalue weighted by atomic mass is 9.83. The van der Waals surface area contributed by atoms with E-state index in [2.05, 4.69) is 45.9 Å². The van der Waals surface area contributed by atoms with Crippen molar-refractivity contribution in [2.75, 3.05) is 6.61 Å². The van der Waals surface area contributed by atoms with Gasteiger partial charge in [-0.05, 0) is 59.4 Å². The van der Waals surface area contributed by atoms with Crippen LogP contribution in [-0.2, 0) is 29.6 Å². The summed E-state index contributed by atoms with van der Waals surface area (Å²) in [5.41, 5.74) is 4.70. The first-order valence-corrected chi connectivity index (χ1v) is 10.6. The fourth-order valence-corrected chi connectivity index (χ4v) is 3.62. The molecule has 0 saturated heterocycles. The first-order valence-electron chi connectivity index (χ1n) is 10.6. The summed E-state index contributed by atoms with van der Waals surface area (Å²) in [5.74, 6) is 0.823. The second-order valence-electron chi connectivity index (χ2n) is 8.28. The van der Waals surface area contributed by atoms with E-state index in [0.717, 1.165) is 18.4 Å². The lowest BCUT2D eigenvalue weighted by Crippen LogP contribution is -2.24. The molecule has 0 saturated carbocycles. The molecule has 0 aromatic heterocycles. The van der Waals surface area contributed by atoms with Crippen molar-refractivity contribution in [3.05, 3.63) is 94.8 Å². The van der Waals surface area contributed by atoms with E-state index in [-0.39, 0.29) is 11.2 Å². The van der Waals surface area contributed by atoms with Crippen LogP contribution in [0.2, 0.25) is 0 Å². The number of halogens is 1. The van der Waals surface area contributed by atoms with Crippen LogP contribution in [0.25, 0.3) is 0 Å². The Morgan fingerprint density at radius 2 is 1.53 bits per heavy atom. The zero-order chi connectivity index (χ0) is 21.6. The standard InChI is InChI=1S/C27H31FO2/c1-5-21-12-13-23(16-22(21)6-2)27(3,4)19-29-18-20-14-24(28)17-26(15-20)30-25-10-8-7-9-11-25/h7-17H,5-6,18-19H2,1-4H3. The van der Waals surface area contributed by atoms with Gasteiger partial charge in [0.15, 0.2) is 0 Å². The maximum atomic E-state index is 14.1. The van der Waals surface area contributed by atoms with Crippen molar-refractivity contribution >= 4 is 0 Å². The van der Waals surface area contributed by atoms with Crippen molar-refractivity contribution < 1.29 is 13.9 Å². The van der Waals surface area contributed by atoms with E-state index in [4.69, 9.17) is 9.47 Å². The number of hydrogen-bond acceptors (Lipinski definition) is 2. The highest BCUT2D eigenvalue weighted by Crippen LogP contribution is 2.28. The molecule has 0 aliphatic heterocycles. The number of rotatable bonds is 9. The maximum Gasteiger partial charge on any atom is 0.130 e. The lowest BCUT2D eigenvalue weighted by Gasteiger charge is -2.26. The summed E-state index contributed by atoms with van der Waals surface area (Å²) in [6.45, 7) is 9.64. The largest absolute Gasteiger partial charge is 0.457 e. The molecule has 30 heavy (non-hydrogen) atoms. The molecule has 0 amide bonds. The first kappa shape index (κ1) is 22.0. The number of para-hydroxylation sites is 1. The molecular weight excluding hydrogens is 375 g/mol. The van der Waals surface area contributed by atoms with Gasteiger partial charge in [-0.3, -0.25) is 0 Å². The van der Waals surface area contributed by atoms with E-state index in [1.54, 1.807) is 0 Å². The highest BCUT2D eigenvalue weighted by molar-refractivity contribution is 5.36. The van der Waals surface area contributed by atoms with E-state index in [1.165, 1.54) is 28.8 Å². The molecular formula is C27H31FO2. The molecule has 0 aliphatic carbocycles. The summed E-state index contributed by atoms with van der Waals surface area (Å²) in [6, 6.07) is 20.8. The second kappa shape index (κ2) is 9.90. The van der Waals surface area contributed by atoms with Crippen LogP contribution < -0.4 is 4.74 Å². The molecule has 3 aromatic rings. The minimum atomic E-state index is -0.330. The summed E-state index contributed by atoms with van der Waals surface area (Å²) in [4.78, 5) is 0. The number of benzene rings is 3. The third kappa shape index (κ3) is 5.70. The summed E-state index contributed by atoms with van der Waals surface area (Å²) < 4.78 is 25.9. The van der Waals surface area contributed by atoms with Crippen LogP contribution in [0.5, 0.6) is 11.5 Å². The van der Waals surface area contributed by atoms with Crippen molar-refractivity contribution in [2.45, 2.75) is 52.6 Å². The third-order valence-electron chi connectivity index (χ3n) is 5.39. The fraction of sp³-hybridized carbons (Fsp3) is 0.333. The molecule has 3 heteroatoms. The van der Waals surface area contributed by atoms with Gasteiger partial charge < -0.3 is 9.47 Å². The van der Waals surface area contributed by atoms with Crippen LogP contribution >= 0.6 is 0 Å². The molecule has 0 fully saturated rings. The van der Waals surface area contributed by atoms with E-state index < -0.39 is 0 Å². The Morgan fingerprint density at radius 1 is 0.800 bits per heavy atom. The van der Waals surface area contributed by atoms with Crippen molar-refractivity contribution in [1.29, 1.82) is 0 Å². The summed E-state index contributed by atoms with van der Waals surface area (Å²) in [5, 5.41) is 0. The van der Waals surface area contributed by atoms with Crippen molar-refractivity contribution in [3.8, 4) is 11.5 Å². The normalized spacial score (nSPS) is 11.5. The van der Waals surface area contributed by atoms with E-state index in [1.807, 2.05) is 36.4 Å². The molecule has 0 bridgehead atoms. The van der Waals surface area contributed by atoms with Gasteiger partial charge in [-0.15, -0.1) is 0 Å². The molecule has 158 valence electrons. The van der Waals surface area contributed by atoms with Gasteiger partial charge in [0.2, 0.25) is 0 Å². The van der Waals surface area contributed by atoms with E-state index in [9.17, 15) is 4.39 Å². The SMILES string of the molecule is CCc1ccc(C(C)(C)COCc2cc(F)cc(Oc3ccccc3)c2)cc1CC. The van der Waals surface area contributed by atoms with Gasteiger partial charge in [-0.1, -0.05) is 64.1 Å². The maximum absolute atomic E-state index is 14.1. The predicted molar refractivity (Wildman–Crippen MR) is 121 cm³/mol. The molecule has 0 radical (unpaired) electrons. The van der Waals surface area contributed by atoms with Crippen LogP contribution in [0.4, 0.5) is 4.39 Å². The topological polar surface area (TPSA) is 18.5 Å². The van der Waals surface area contributed by atoms with Gasteiger partial charge >= 0.3 is 0 Å². The molecule has 3 aromatic carbocycles. The van der Waals surface area contributed by atoms with Gasteiger partial charge in [0, 0.05) is 11.5 Å². The molecule has 3 rings (SSSR count). The molecule has 0 spiro atoms. The Kier molecular flexibility index (Phi) is 7.28. The number of aryl methyl sites for hydroxylation is 2. The lowest BCUT2D eigenvalue weighted by molar-refractivity contribution is 0.0822. The van der Waals surface area contributed by atoms with E-state index >= 15 is 0 Å². The summed E-state index contributed by atoms with van der Waals surface area (Å²) in [7, 11) is 0. The minimum absolute atomic E-state index is 0.132. The third-order valence-corrected chi connectivity index (χ3v) is 5.39. The summed E-state index contributed by atoms with van der Waals surface area (Å²) >= 11 is 0. The average Bonchev–Trinajstić information content (AvgIpc) is 2.73. The highest BCUT2D eigenvalue weighted by Gasteiger charge is 2.22. The van der Waals surface area contributed by atoms with Gasteiger partial charge in [0.1, 0.15) is 17.3 Å². The molecule has 0 N–H and O–H groups in total. The Morgan fingerprint density at radius 3 is 2.23 bits per heavy atom. The highest BCUT2D eigenvalue weighted by atomic mass is 19.1. The number of ether oxygens (including phenoxy) is 2. The Bertz CT molecular complexity index is 964. The van der Waals surface area contributed by atoms with Crippen molar-refractivity contribution in [2.24, 2.45) is 0 Å². The van der Waals surface area contributed by atoms with Gasteiger partial charge in [-0.25, -0.2) is 4.39 Å². The van der Waals surface area contributed by atoms with Crippen molar-refractivity contribution in [1.82, 2.24) is 0 Å². The first-order chi connectivity index (χ1) is 14.4. The predicted octanol–water partition coefficient (Wildman–Crippen LogP) is 7.24. The van der Waals surface area contributed by atoms with Crippen LogP contribution in [-0.4, -0.2) is 6.61 Å². The Labute approximate surface area is 179 Å². The zero-order valence-corrected chi connectivity index (χ0v) is 18.4. The molecule has 0 atom stereocenters. The monoisotopic (exact) mass is 406 g/mol. The fourth-order valence-electron chi connectivity index (χ4n) is 3.62. The molecule has 0 heterocycles. The Hall–Kier alpha value is -2.65. The van der Waals surface area contributed by atoms with E-state index in [0.29, 0.717) is 24.7 Å². The van der Waals surface area contributed by atoms with Crippen LogP contribution in [0.15, 0.2) is 66.7 Å². The molecule has 0 aliphatic rings. The summed E-state index contributed by atoms with van der Waals surface area (Å²) in [6.07, 6.45) is 2.08. The number of hydrogen-bond donors (Lipinski definition) is 0. The average molecular weight is 407 g/mol. The van der Waals surface area contributed by atoms with Gasteiger partial charge in [0.25, 0.3) is 0 Å². The van der Waals surface area contributed by atoms with Gasteiger partial charge in [-0.2, -0.15) is 0 Å². The van der Waals surface area contributed by atoms with Crippen LogP contribution in [0.3, 0.4) is 0 Å². The Balaban J connectivity index is 1.65. The van der Waals surface area contributed by atoms with Gasteiger partial charge in [0.05, 0.1) is 13.2 Å². The quantitative estimate of drug-likeness (QED) is 0.373. The molecule has 2 nitrogen and oxygen atoms in total. The molecule has 0 unspecified atom stereocenters. The minimum Gasteiger partial charge on any atom is -0.457 e. The van der Waals surface area contributed by atoms with Crippen LogP contribution in [0.1, 0.15) is 49.9 Å². The van der Waals surface area contributed by atoms with Crippen molar-refractivity contribution in [3.63, 3.8) is 0 Å². The zero-order valence-electron chi connectivity index (χ0n) is 18.4.